The van der Waals surface area contributed by atoms with Crippen molar-refractivity contribution in [3.63, 3.8) is 0 Å². The third kappa shape index (κ3) is 2.73. The third-order valence-corrected chi connectivity index (χ3v) is 4.84. The van der Waals surface area contributed by atoms with Crippen LogP contribution in [-0.4, -0.2) is 12.5 Å². The van der Waals surface area contributed by atoms with Gasteiger partial charge in [0.05, 0.1) is 6.07 Å². The summed E-state index contributed by atoms with van der Waals surface area (Å²) in [5.41, 5.74) is 0.195. The number of benzene rings is 1. The molecule has 0 radical (unpaired) electrons. The Kier molecular flexibility index (Phi) is 4.19. The van der Waals surface area contributed by atoms with Crippen molar-refractivity contribution >= 4 is 21.8 Å². The largest absolute Gasteiger partial charge is 0.354 e. The molecule has 0 bridgehead atoms. The molecule has 0 spiro atoms. The van der Waals surface area contributed by atoms with E-state index >= 15 is 0 Å². The van der Waals surface area contributed by atoms with E-state index in [1.54, 1.807) is 0 Å². The van der Waals surface area contributed by atoms with E-state index in [0.717, 1.165) is 16.5 Å². The molecule has 1 saturated carbocycles. The van der Waals surface area contributed by atoms with E-state index in [1.807, 2.05) is 18.2 Å². The summed E-state index contributed by atoms with van der Waals surface area (Å²) < 4.78 is 1.04. The molecule has 1 aromatic rings. The van der Waals surface area contributed by atoms with Crippen molar-refractivity contribution in [1.82, 2.24) is 5.32 Å². The molecule has 1 fully saturated rings. The molecule has 20 heavy (non-hydrogen) atoms. The lowest BCUT2D eigenvalue weighted by molar-refractivity contribution is -0.132. The average molecular weight is 335 g/mol. The Labute approximate surface area is 128 Å². The van der Waals surface area contributed by atoms with Gasteiger partial charge in [-0.2, -0.15) is 5.26 Å². The quantitative estimate of drug-likeness (QED) is 0.915. The predicted octanol–water partition coefficient (Wildman–Crippen LogP) is 3.54. The molecule has 0 heterocycles. The van der Waals surface area contributed by atoms with Gasteiger partial charge in [-0.05, 0) is 30.9 Å². The Balaban J connectivity index is 2.05. The summed E-state index contributed by atoms with van der Waals surface area (Å²) >= 11 is 3.55. The first-order valence-electron chi connectivity index (χ1n) is 6.86. The minimum atomic E-state index is -0.774. The van der Waals surface area contributed by atoms with Crippen molar-refractivity contribution in [3.8, 4) is 6.07 Å². The second-order valence-corrected chi connectivity index (χ2v) is 6.95. The highest BCUT2D eigenvalue weighted by molar-refractivity contribution is 9.10. The molecular weight excluding hydrogens is 316 g/mol. The number of carbonyl (C=O) groups is 1. The fraction of sp³-hybridized carbons (Fsp3) is 0.500. The van der Waals surface area contributed by atoms with Crippen molar-refractivity contribution in [3.05, 3.63) is 34.3 Å². The molecule has 1 aliphatic rings. The number of halogens is 1. The summed E-state index contributed by atoms with van der Waals surface area (Å²) in [4.78, 5) is 12.2. The first-order valence-corrected chi connectivity index (χ1v) is 7.65. The maximum Gasteiger partial charge on any atom is 0.240 e. The lowest BCUT2D eigenvalue weighted by Gasteiger charge is -2.35. The summed E-state index contributed by atoms with van der Waals surface area (Å²) in [5, 5.41) is 12.1. The van der Waals surface area contributed by atoms with Gasteiger partial charge in [0.25, 0.3) is 0 Å². The minimum absolute atomic E-state index is 0.119. The van der Waals surface area contributed by atoms with E-state index in [0.29, 0.717) is 19.4 Å². The van der Waals surface area contributed by atoms with Crippen LogP contribution in [0.3, 0.4) is 0 Å². The number of carbonyl (C=O) groups excluding carboxylic acids is 1. The van der Waals surface area contributed by atoms with Gasteiger partial charge in [0.2, 0.25) is 5.91 Å². The lowest BCUT2D eigenvalue weighted by atomic mass is 9.69. The van der Waals surface area contributed by atoms with E-state index in [4.69, 9.17) is 0 Å². The van der Waals surface area contributed by atoms with Crippen LogP contribution in [0.1, 0.15) is 38.7 Å². The van der Waals surface area contributed by atoms with Crippen LogP contribution in [0.25, 0.3) is 0 Å². The monoisotopic (exact) mass is 334 g/mol. The molecule has 4 heteroatoms. The van der Waals surface area contributed by atoms with Gasteiger partial charge in [-0.15, -0.1) is 0 Å². The van der Waals surface area contributed by atoms with E-state index in [9.17, 15) is 10.1 Å². The van der Waals surface area contributed by atoms with E-state index < -0.39 is 5.41 Å². The highest BCUT2D eigenvalue weighted by atomic mass is 79.9. The smallest absolute Gasteiger partial charge is 0.240 e. The van der Waals surface area contributed by atoms with Crippen LogP contribution < -0.4 is 5.32 Å². The molecule has 1 aromatic carbocycles. The van der Waals surface area contributed by atoms with Crippen LogP contribution in [0.5, 0.6) is 0 Å². The average Bonchev–Trinajstić information content (AvgIpc) is 2.36. The summed E-state index contributed by atoms with van der Waals surface area (Å²) in [7, 11) is 0. The molecule has 1 amide bonds. The number of nitrogens with zero attached hydrogens (tertiary/aromatic N) is 1. The van der Waals surface area contributed by atoms with Crippen molar-refractivity contribution in [2.24, 2.45) is 5.41 Å². The fourth-order valence-electron chi connectivity index (χ4n) is 2.50. The number of nitriles is 1. The number of hydrogen-bond donors (Lipinski definition) is 1. The Hall–Kier alpha value is -1.34. The number of amides is 1. The zero-order valence-electron chi connectivity index (χ0n) is 11.9. The highest BCUT2D eigenvalue weighted by Gasteiger charge is 2.44. The molecule has 0 unspecified atom stereocenters. The van der Waals surface area contributed by atoms with Gasteiger partial charge in [0.1, 0.15) is 5.41 Å². The Morgan fingerprint density at radius 3 is 2.60 bits per heavy atom. The van der Waals surface area contributed by atoms with Gasteiger partial charge in [-0.1, -0.05) is 48.0 Å². The van der Waals surface area contributed by atoms with Crippen molar-refractivity contribution in [2.75, 3.05) is 6.54 Å². The second kappa shape index (κ2) is 5.57. The van der Waals surface area contributed by atoms with Crippen LogP contribution in [0, 0.1) is 16.7 Å². The normalized spacial score (nSPS) is 16.9. The van der Waals surface area contributed by atoms with Gasteiger partial charge in [0.15, 0.2) is 0 Å². The van der Waals surface area contributed by atoms with Gasteiger partial charge in [0, 0.05) is 16.4 Å². The SMILES string of the molecule is CC(C)(CNC(=O)C1(C#N)CCC1)c1ccccc1Br. The van der Waals surface area contributed by atoms with Gasteiger partial charge in [-0.25, -0.2) is 0 Å². The zero-order valence-corrected chi connectivity index (χ0v) is 13.5. The molecule has 0 aromatic heterocycles. The Morgan fingerprint density at radius 2 is 2.10 bits per heavy atom. The molecular formula is C16H19BrN2O. The van der Waals surface area contributed by atoms with E-state index in [1.165, 1.54) is 0 Å². The Morgan fingerprint density at radius 1 is 1.45 bits per heavy atom. The minimum Gasteiger partial charge on any atom is -0.354 e. The molecule has 1 N–H and O–H groups in total. The predicted molar refractivity (Wildman–Crippen MR) is 82.1 cm³/mol. The van der Waals surface area contributed by atoms with Gasteiger partial charge >= 0.3 is 0 Å². The number of rotatable bonds is 4. The fourth-order valence-corrected chi connectivity index (χ4v) is 3.32. The van der Waals surface area contributed by atoms with Gasteiger partial charge in [-0.3, -0.25) is 4.79 Å². The first kappa shape index (κ1) is 15.1. The summed E-state index contributed by atoms with van der Waals surface area (Å²) in [5.74, 6) is -0.119. The van der Waals surface area contributed by atoms with Crippen molar-refractivity contribution in [1.29, 1.82) is 5.26 Å². The Bertz CT molecular complexity index is 556. The maximum atomic E-state index is 12.2. The summed E-state index contributed by atoms with van der Waals surface area (Å²) in [6.07, 6.45) is 2.34. The second-order valence-electron chi connectivity index (χ2n) is 6.09. The summed E-state index contributed by atoms with van der Waals surface area (Å²) in [6, 6.07) is 10.2. The zero-order chi connectivity index (χ0) is 14.8. The van der Waals surface area contributed by atoms with Crippen molar-refractivity contribution in [2.45, 2.75) is 38.5 Å². The molecule has 1 aliphatic carbocycles. The molecule has 0 aliphatic heterocycles. The molecule has 2 rings (SSSR count). The standard InChI is InChI=1S/C16H19BrN2O/c1-15(2,12-6-3-4-7-13(12)17)11-19-14(20)16(10-18)8-5-9-16/h3-4,6-7H,5,8-9,11H2,1-2H3,(H,19,20). The molecule has 0 atom stereocenters. The maximum absolute atomic E-state index is 12.2. The number of hydrogen-bond acceptors (Lipinski definition) is 2. The first-order chi connectivity index (χ1) is 9.41. The molecule has 106 valence electrons. The third-order valence-electron chi connectivity index (χ3n) is 4.15. The van der Waals surface area contributed by atoms with Crippen LogP contribution >= 0.6 is 15.9 Å². The molecule has 3 nitrogen and oxygen atoms in total. The van der Waals surface area contributed by atoms with Crippen LogP contribution in [-0.2, 0) is 10.2 Å². The van der Waals surface area contributed by atoms with Crippen molar-refractivity contribution < 1.29 is 4.79 Å². The highest BCUT2D eigenvalue weighted by Crippen LogP contribution is 2.40. The van der Waals surface area contributed by atoms with Crippen LogP contribution in [0.4, 0.5) is 0 Å². The lowest BCUT2D eigenvalue weighted by Crippen LogP contribution is -2.48. The summed E-state index contributed by atoms with van der Waals surface area (Å²) in [6.45, 7) is 4.71. The van der Waals surface area contributed by atoms with E-state index in [-0.39, 0.29) is 11.3 Å². The van der Waals surface area contributed by atoms with Crippen LogP contribution in [0.2, 0.25) is 0 Å². The van der Waals surface area contributed by atoms with Crippen LogP contribution in [0.15, 0.2) is 28.7 Å². The molecule has 0 saturated heterocycles. The van der Waals surface area contributed by atoms with Gasteiger partial charge < -0.3 is 5.32 Å². The topological polar surface area (TPSA) is 52.9 Å². The number of nitrogens with one attached hydrogen (secondary N) is 1. The van der Waals surface area contributed by atoms with E-state index in [2.05, 4.69) is 47.2 Å².